The Kier molecular flexibility index (Phi) is 3.85. The van der Waals surface area contributed by atoms with Gasteiger partial charge in [-0.15, -0.1) is 11.3 Å². The molecule has 3 nitrogen and oxygen atoms in total. The Labute approximate surface area is 123 Å². The van der Waals surface area contributed by atoms with Crippen LogP contribution in [0.2, 0.25) is 0 Å². The highest BCUT2D eigenvalue weighted by molar-refractivity contribution is 7.09. The highest BCUT2D eigenvalue weighted by Gasteiger charge is 2.08. The lowest BCUT2D eigenvalue weighted by Crippen LogP contribution is -2.03. The molecule has 0 aliphatic rings. The van der Waals surface area contributed by atoms with E-state index in [0.717, 1.165) is 25.1 Å². The van der Waals surface area contributed by atoms with E-state index >= 15 is 0 Å². The Bertz CT molecular complexity index is 711. The van der Waals surface area contributed by atoms with Gasteiger partial charge in [0.15, 0.2) is 0 Å². The molecule has 0 amide bonds. The van der Waals surface area contributed by atoms with Gasteiger partial charge in [0, 0.05) is 18.1 Å². The first-order valence-electron chi connectivity index (χ1n) is 7.02. The number of hydrogen-bond acceptors (Lipinski definition) is 3. The molecule has 1 aromatic carbocycles. The fraction of sp³-hybridized carbons (Fsp3) is 0.312. The molecule has 0 fully saturated rings. The molecule has 2 heterocycles. The number of rotatable bonds is 5. The lowest BCUT2D eigenvalue weighted by molar-refractivity contribution is 0.797. The fourth-order valence-corrected chi connectivity index (χ4v) is 3.45. The standard InChI is InChI=1S/C16H19N3S/c1-2-4-15-18-14(11-20-15)10-19-8-7-12-5-3-6-13(9-17)16(12)19/h3,5-8,11H,2,4,9-10,17H2,1H3. The Morgan fingerprint density at radius 2 is 2.20 bits per heavy atom. The van der Waals surface area contributed by atoms with Crippen LogP contribution in [0.1, 0.15) is 29.6 Å². The molecule has 4 heteroatoms. The number of aromatic nitrogens is 2. The van der Waals surface area contributed by atoms with Gasteiger partial charge < -0.3 is 10.3 Å². The van der Waals surface area contributed by atoms with Gasteiger partial charge in [-0.3, -0.25) is 0 Å². The summed E-state index contributed by atoms with van der Waals surface area (Å²) in [5.74, 6) is 0. The third-order valence-corrected chi connectivity index (χ3v) is 4.44. The molecule has 0 saturated heterocycles. The van der Waals surface area contributed by atoms with Crippen molar-refractivity contribution < 1.29 is 0 Å². The summed E-state index contributed by atoms with van der Waals surface area (Å²) in [4.78, 5) is 4.70. The van der Waals surface area contributed by atoms with Gasteiger partial charge in [0.05, 0.1) is 22.8 Å². The number of thiazole rings is 1. The Hall–Kier alpha value is -1.65. The maximum Gasteiger partial charge on any atom is 0.0928 e. The predicted molar refractivity (Wildman–Crippen MR) is 85.0 cm³/mol. The second-order valence-corrected chi connectivity index (χ2v) is 5.93. The molecule has 0 unspecified atom stereocenters. The van der Waals surface area contributed by atoms with Crippen molar-refractivity contribution in [2.45, 2.75) is 32.9 Å². The van der Waals surface area contributed by atoms with Gasteiger partial charge in [0.1, 0.15) is 0 Å². The SMILES string of the molecule is CCCc1nc(Cn2ccc3cccc(CN)c32)cs1. The van der Waals surface area contributed by atoms with Crippen LogP contribution in [0.15, 0.2) is 35.8 Å². The summed E-state index contributed by atoms with van der Waals surface area (Å²) in [6, 6.07) is 8.45. The molecule has 3 rings (SSSR count). The zero-order valence-electron chi connectivity index (χ0n) is 11.7. The molecule has 3 aromatic rings. The summed E-state index contributed by atoms with van der Waals surface area (Å²) in [6.07, 6.45) is 4.35. The van der Waals surface area contributed by atoms with Crippen molar-refractivity contribution in [1.82, 2.24) is 9.55 Å². The first-order chi connectivity index (χ1) is 9.81. The first kappa shape index (κ1) is 13.3. The molecule has 0 spiro atoms. The molecular weight excluding hydrogens is 266 g/mol. The minimum atomic E-state index is 0.569. The minimum Gasteiger partial charge on any atom is -0.341 e. The lowest BCUT2D eigenvalue weighted by atomic mass is 10.1. The number of fused-ring (bicyclic) bond motifs is 1. The Morgan fingerprint density at radius 3 is 3.00 bits per heavy atom. The Morgan fingerprint density at radius 1 is 1.30 bits per heavy atom. The third kappa shape index (κ3) is 2.49. The average molecular weight is 285 g/mol. The molecule has 2 aromatic heterocycles. The van der Waals surface area contributed by atoms with Crippen LogP contribution in [0.3, 0.4) is 0 Å². The van der Waals surface area contributed by atoms with Crippen molar-refractivity contribution in [2.75, 3.05) is 0 Å². The summed E-state index contributed by atoms with van der Waals surface area (Å²) >= 11 is 1.76. The zero-order valence-corrected chi connectivity index (χ0v) is 12.5. The summed E-state index contributed by atoms with van der Waals surface area (Å²) < 4.78 is 2.25. The second kappa shape index (κ2) is 5.77. The predicted octanol–water partition coefficient (Wildman–Crippen LogP) is 3.56. The highest BCUT2D eigenvalue weighted by Crippen LogP contribution is 2.22. The van der Waals surface area contributed by atoms with E-state index in [-0.39, 0.29) is 0 Å². The number of nitrogens with two attached hydrogens (primary N) is 1. The number of para-hydroxylation sites is 1. The average Bonchev–Trinajstić information content (AvgIpc) is 3.07. The largest absolute Gasteiger partial charge is 0.341 e. The van der Waals surface area contributed by atoms with E-state index in [1.54, 1.807) is 11.3 Å². The molecular formula is C16H19N3S. The lowest BCUT2D eigenvalue weighted by Gasteiger charge is -2.07. The van der Waals surface area contributed by atoms with Crippen molar-refractivity contribution in [3.05, 3.63) is 52.1 Å². The van der Waals surface area contributed by atoms with Crippen LogP contribution in [-0.2, 0) is 19.5 Å². The zero-order chi connectivity index (χ0) is 13.9. The van der Waals surface area contributed by atoms with Crippen LogP contribution < -0.4 is 5.73 Å². The van der Waals surface area contributed by atoms with Crippen LogP contribution >= 0.6 is 11.3 Å². The first-order valence-corrected chi connectivity index (χ1v) is 7.90. The van der Waals surface area contributed by atoms with E-state index in [9.17, 15) is 0 Å². The molecule has 0 radical (unpaired) electrons. The topological polar surface area (TPSA) is 43.8 Å². The summed E-state index contributed by atoms with van der Waals surface area (Å²) in [5.41, 5.74) is 9.42. The summed E-state index contributed by atoms with van der Waals surface area (Å²) in [6.45, 7) is 3.58. The molecule has 0 atom stereocenters. The normalized spacial score (nSPS) is 11.3. The quantitative estimate of drug-likeness (QED) is 0.779. The van der Waals surface area contributed by atoms with Crippen molar-refractivity contribution in [3.63, 3.8) is 0 Å². The third-order valence-electron chi connectivity index (χ3n) is 3.49. The molecule has 2 N–H and O–H groups in total. The van der Waals surface area contributed by atoms with E-state index in [4.69, 9.17) is 10.7 Å². The number of hydrogen-bond donors (Lipinski definition) is 1. The van der Waals surface area contributed by atoms with Crippen molar-refractivity contribution >= 4 is 22.2 Å². The van der Waals surface area contributed by atoms with Gasteiger partial charge in [-0.2, -0.15) is 0 Å². The van der Waals surface area contributed by atoms with E-state index in [1.165, 1.54) is 21.5 Å². The molecule has 0 bridgehead atoms. The maximum atomic E-state index is 5.85. The molecule has 0 aliphatic carbocycles. The smallest absolute Gasteiger partial charge is 0.0928 e. The van der Waals surface area contributed by atoms with Gasteiger partial charge in [-0.25, -0.2) is 4.98 Å². The van der Waals surface area contributed by atoms with E-state index in [1.807, 2.05) is 0 Å². The minimum absolute atomic E-state index is 0.569. The number of aryl methyl sites for hydroxylation is 1. The molecule has 20 heavy (non-hydrogen) atoms. The maximum absolute atomic E-state index is 5.85. The van der Waals surface area contributed by atoms with Gasteiger partial charge in [0.2, 0.25) is 0 Å². The van der Waals surface area contributed by atoms with Gasteiger partial charge in [-0.1, -0.05) is 25.1 Å². The van der Waals surface area contributed by atoms with Crippen molar-refractivity contribution in [3.8, 4) is 0 Å². The molecule has 0 aliphatic heterocycles. The second-order valence-electron chi connectivity index (χ2n) is 4.99. The van der Waals surface area contributed by atoms with E-state index in [2.05, 4.69) is 47.3 Å². The van der Waals surface area contributed by atoms with Crippen molar-refractivity contribution in [1.29, 1.82) is 0 Å². The number of benzene rings is 1. The van der Waals surface area contributed by atoms with Crippen molar-refractivity contribution in [2.24, 2.45) is 5.73 Å². The van der Waals surface area contributed by atoms with Crippen LogP contribution in [0.4, 0.5) is 0 Å². The summed E-state index contributed by atoms with van der Waals surface area (Å²) in [7, 11) is 0. The van der Waals surface area contributed by atoms with Crippen LogP contribution in [0.5, 0.6) is 0 Å². The van der Waals surface area contributed by atoms with Gasteiger partial charge in [0.25, 0.3) is 0 Å². The number of nitrogens with zero attached hydrogens (tertiary/aromatic N) is 2. The van der Waals surface area contributed by atoms with Crippen LogP contribution in [0.25, 0.3) is 10.9 Å². The van der Waals surface area contributed by atoms with Gasteiger partial charge in [-0.05, 0) is 29.9 Å². The fourth-order valence-electron chi connectivity index (χ4n) is 2.56. The molecule has 0 saturated carbocycles. The molecule has 104 valence electrons. The van der Waals surface area contributed by atoms with Gasteiger partial charge >= 0.3 is 0 Å². The van der Waals surface area contributed by atoms with E-state index < -0.39 is 0 Å². The Balaban J connectivity index is 1.93. The van der Waals surface area contributed by atoms with E-state index in [0.29, 0.717) is 6.54 Å². The summed E-state index contributed by atoms with van der Waals surface area (Å²) in [5, 5.41) is 4.65. The monoisotopic (exact) mass is 285 g/mol. The van der Waals surface area contributed by atoms with Crippen LogP contribution in [-0.4, -0.2) is 9.55 Å². The van der Waals surface area contributed by atoms with Crippen LogP contribution in [0, 0.1) is 0 Å². The highest BCUT2D eigenvalue weighted by atomic mass is 32.1.